The number of hydrazine groups is 1. The van der Waals surface area contributed by atoms with E-state index in [1.165, 1.54) is 4.80 Å². The van der Waals surface area contributed by atoms with Gasteiger partial charge in [0, 0.05) is 23.6 Å². The molecule has 9 nitrogen and oxygen atoms in total. The Morgan fingerprint density at radius 2 is 1.80 bits per heavy atom. The molecule has 0 spiro atoms. The van der Waals surface area contributed by atoms with Gasteiger partial charge in [0.2, 0.25) is 11.7 Å². The van der Waals surface area contributed by atoms with Gasteiger partial charge in [-0.2, -0.15) is 4.80 Å². The second kappa shape index (κ2) is 8.91. The molecule has 0 fully saturated rings. The number of hydrogen-bond acceptors (Lipinski definition) is 6. The molecule has 0 atom stereocenters. The van der Waals surface area contributed by atoms with Crippen molar-refractivity contribution in [1.82, 2.24) is 36.0 Å². The molecule has 2 aromatic carbocycles. The van der Waals surface area contributed by atoms with Crippen molar-refractivity contribution >= 4 is 22.7 Å². The van der Waals surface area contributed by atoms with E-state index in [-0.39, 0.29) is 12.3 Å². The Kier molecular flexibility index (Phi) is 5.70. The highest BCUT2D eigenvalue weighted by Crippen LogP contribution is 2.16. The smallest absolute Gasteiger partial charge is 0.270 e. The third-order valence-electron chi connectivity index (χ3n) is 4.45. The van der Waals surface area contributed by atoms with Crippen LogP contribution in [0.4, 0.5) is 0 Å². The van der Waals surface area contributed by atoms with Crippen LogP contribution in [-0.2, 0) is 11.3 Å². The van der Waals surface area contributed by atoms with Gasteiger partial charge in [-0.25, -0.2) is 0 Å². The second-order valence-corrected chi connectivity index (χ2v) is 6.56. The van der Waals surface area contributed by atoms with E-state index >= 15 is 0 Å². The molecule has 2 amide bonds. The number of amides is 2. The van der Waals surface area contributed by atoms with Gasteiger partial charge in [-0.3, -0.25) is 25.4 Å². The van der Waals surface area contributed by atoms with E-state index in [0.29, 0.717) is 29.9 Å². The number of tetrazole rings is 1. The largest absolute Gasteiger partial charge is 0.273 e. The number of fused-ring (bicyclic) bond motifs is 1. The fourth-order valence-electron chi connectivity index (χ4n) is 2.98. The highest BCUT2D eigenvalue weighted by Gasteiger charge is 2.11. The number of benzene rings is 2. The van der Waals surface area contributed by atoms with Crippen LogP contribution in [0.15, 0.2) is 66.9 Å². The quantitative estimate of drug-likeness (QED) is 0.478. The van der Waals surface area contributed by atoms with E-state index in [4.69, 9.17) is 0 Å². The van der Waals surface area contributed by atoms with E-state index in [9.17, 15) is 9.59 Å². The van der Waals surface area contributed by atoms with Gasteiger partial charge >= 0.3 is 0 Å². The van der Waals surface area contributed by atoms with Gasteiger partial charge in [-0.1, -0.05) is 42.5 Å². The summed E-state index contributed by atoms with van der Waals surface area (Å²) in [7, 11) is 0. The average Bonchev–Trinajstić information content (AvgIpc) is 3.26. The summed E-state index contributed by atoms with van der Waals surface area (Å²) < 4.78 is 0. The summed E-state index contributed by atoms with van der Waals surface area (Å²) in [4.78, 5) is 30.1. The maximum absolute atomic E-state index is 12.4. The number of nitrogens with one attached hydrogen (secondary N) is 2. The molecule has 0 aliphatic heterocycles. The van der Waals surface area contributed by atoms with Gasteiger partial charge in [-0.05, 0) is 29.8 Å². The summed E-state index contributed by atoms with van der Waals surface area (Å²) in [5.74, 6) is -0.158. The van der Waals surface area contributed by atoms with Crippen LogP contribution in [0.25, 0.3) is 22.3 Å². The molecule has 30 heavy (non-hydrogen) atoms. The Labute approximate surface area is 172 Å². The molecule has 4 rings (SSSR count). The summed E-state index contributed by atoms with van der Waals surface area (Å²) in [5, 5.41) is 13.0. The Hall–Kier alpha value is -4.14. The number of pyridine rings is 1. The molecule has 0 radical (unpaired) electrons. The number of aryl methyl sites for hydroxylation is 1. The van der Waals surface area contributed by atoms with E-state index in [1.54, 1.807) is 24.4 Å². The van der Waals surface area contributed by atoms with E-state index < -0.39 is 5.91 Å². The summed E-state index contributed by atoms with van der Waals surface area (Å²) in [6.45, 7) is 0.441. The third-order valence-corrected chi connectivity index (χ3v) is 4.45. The van der Waals surface area contributed by atoms with Crippen molar-refractivity contribution in [3.05, 3.63) is 72.4 Å². The van der Waals surface area contributed by atoms with Gasteiger partial charge in [0.05, 0.1) is 17.6 Å². The summed E-state index contributed by atoms with van der Waals surface area (Å²) in [6, 6.07) is 18.4. The van der Waals surface area contributed by atoms with Crippen molar-refractivity contribution in [3.8, 4) is 11.4 Å². The monoisotopic (exact) mass is 401 g/mol. The molecule has 0 unspecified atom stereocenters. The van der Waals surface area contributed by atoms with Crippen LogP contribution in [0.5, 0.6) is 0 Å². The van der Waals surface area contributed by atoms with Crippen molar-refractivity contribution in [1.29, 1.82) is 0 Å². The second-order valence-electron chi connectivity index (χ2n) is 6.56. The number of carbonyl (C=O) groups is 2. The Morgan fingerprint density at radius 3 is 2.67 bits per heavy atom. The van der Waals surface area contributed by atoms with Crippen LogP contribution in [0, 0.1) is 0 Å². The van der Waals surface area contributed by atoms with Crippen molar-refractivity contribution in [2.24, 2.45) is 0 Å². The lowest BCUT2D eigenvalue weighted by molar-refractivity contribution is -0.122. The Bertz CT molecular complexity index is 1170. The molecule has 0 aliphatic carbocycles. The first-order valence-electron chi connectivity index (χ1n) is 9.47. The fourth-order valence-corrected chi connectivity index (χ4v) is 2.98. The van der Waals surface area contributed by atoms with Gasteiger partial charge in [-0.15, -0.1) is 10.2 Å². The molecule has 2 N–H and O–H groups in total. The molecule has 4 aromatic rings. The lowest BCUT2D eigenvalue weighted by atomic mass is 10.1. The molecule has 2 heterocycles. The predicted molar refractivity (Wildman–Crippen MR) is 110 cm³/mol. The maximum Gasteiger partial charge on any atom is 0.270 e. The van der Waals surface area contributed by atoms with Crippen LogP contribution in [0.1, 0.15) is 23.2 Å². The molecule has 0 aliphatic rings. The van der Waals surface area contributed by atoms with E-state index in [2.05, 4.69) is 31.2 Å². The molecule has 150 valence electrons. The Morgan fingerprint density at radius 1 is 0.933 bits per heavy atom. The van der Waals surface area contributed by atoms with Gasteiger partial charge < -0.3 is 0 Å². The van der Waals surface area contributed by atoms with Gasteiger partial charge in [0.25, 0.3) is 5.91 Å². The van der Waals surface area contributed by atoms with Crippen LogP contribution >= 0.6 is 0 Å². The first kappa shape index (κ1) is 19.2. The summed E-state index contributed by atoms with van der Waals surface area (Å²) in [6.07, 6.45) is 2.38. The molecule has 9 heteroatoms. The van der Waals surface area contributed by atoms with Gasteiger partial charge in [0.15, 0.2) is 0 Å². The number of rotatable bonds is 6. The lowest BCUT2D eigenvalue weighted by Crippen LogP contribution is -2.41. The number of hydrogen-bond donors (Lipinski definition) is 2. The molecular formula is C21H19N7O2. The van der Waals surface area contributed by atoms with Crippen LogP contribution in [0.2, 0.25) is 0 Å². The van der Waals surface area contributed by atoms with Gasteiger partial charge in [0.1, 0.15) is 0 Å². The zero-order valence-corrected chi connectivity index (χ0v) is 16.0. The average molecular weight is 401 g/mol. The minimum atomic E-state index is -0.396. The molecule has 0 saturated heterocycles. The molecule has 2 aromatic heterocycles. The van der Waals surface area contributed by atoms with E-state index in [0.717, 1.165) is 10.9 Å². The van der Waals surface area contributed by atoms with Crippen LogP contribution in [-0.4, -0.2) is 37.0 Å². The minimum Gasteiger partial charge on any atom is -0.273 e. The third kappa shape index (κ3) is 4.46. The SMILES string of the molecule is O=C(CCCn1nnc(-c2ccccc2)n1)NNC(=O)c1cccc2ncccc12. The first-order valence-corrected chi connectivity index (χ1v) is 9.47. The first-order chi connectivity index (χ1) is 14.7. The van der Waals surface area contributed by atoms with Crippen molar-refractivity contribution in [2.75, 3.05) is 0 Å². The van der Waals surface area contributed by atoms with Crippen molar-refractivity contribution < 1.29 is 9.59 Å². The predicted octanol–water partition coefficient (Wildman–Crippen LogP) is 2.13. The minimum absolute atomic E-state index is 0.208. The van der Waals surface area contributed by atoms with Crippen LogP contribution in [0.3, 0.4) is 0 Å². The Balaban J connectivity index is 1.25. The molecular weight excluding hydrogens is 382 g/mol. The maximum atomic E-state index is 12.4. The van der Waals surface area contributed by atoms with E-state index in [1.807, 2.05) is 42.5 Å². The number of carbonyl (C=O) groups excluding carboxylic acids is 2. The molecule has 0 bridgehead atoms. The zero-order valence-electron chi connectivity index (χ0n) is 16.0. The molecule has 0 saturated carbocycles. The lowest BCUT2D eigenvalue weighted by Gasteiger charge is -2.09. The number of nitrogens with zero attached hydrogens (tertiary/aromatic N) is 5. The van der Waals surface area contributed by atoms with Crippen LogP contribution < -0.4 is 10.9 Å². The van der Waals surface area contributed by atoms with Crippen molar-refractivity contribution in [2.45, 2.75) is 19.4 Å². The fraction of sp³-hybridized carbons (Fsp3) is 0.143. The summed E-state index contributed by atoms with van der Waals surface area (Å²) >= 11 is 0. The summed E-state index contributed by atoms with van der Waals surface area (Å²) in [5.41, 5.74) is 6.93. The topological polar surface area (TPSA) is 115 Å². The highest BCUT2D eigenvalue weighted by atomic mass is 16.2. The standard InChI is InChI=1S/C21H19N7O2/c29-19(12-6-14-28-26-20(24-27-28)15-7-2-1-3-8-15)23-25-21(30)17-9-4-11-18-16(17)10-5-13-22-18/h1-5,7-11,13H,6,12,14H2,(H,23,29)(H,25,30). The number of aromatic nitrogens is 5. The zero-order chi connectivity index (χ0) is 20.8. The van der Waals surface area contributed by atoms with Crippen molar-refractivity contribution in [3.63, 3.8) is 0 Å². The highest BCUT2D eigenvalue weighted by molar-refractivity contribution is 6.06. The normalized spacial score (nSPS) is 10.7.